The molecule has 13 aromatic rings. The summed E-state index contributed by atoms with van der Waals surface area (Å²) in [4.78, 5) is 20.1. The number of pyridine rings is 1. The average molecular weight is 935 g/mol. The molecule has 6 nitrogen and oxygen atoms in total. The maximum absolute atomic E-state index is 5.18. The van der Waals surface area contributed by atoms with Crippen LogP contribution >= 0.6 is 0 Å². The molecule has 0 aliphatic rings. The van der Waals surface area contributed by atoms with Crippen molar-refractivity contribution in [3.8, 4) is 67.9 Å². The Morgan fingerprint density at radius 3 is 1.48 bits per heavy atom. The number of hydrogen-bond acceptors (Lipinski definition) is 4. The van der Waals surface area contributed by atoms with Gasteiger partial charge >= 0.3 is 0 Å². The lowest BCUT2D eigenvalue weighted by Crippen LogP contribution is -2.00. The zero-order valence-corrected chi connectivity index (χ0v) is 40.1. The van der Waals surface area contributed by atoms with Gasteiger partial charge in [-0.05, 0) is 95.7 Å². The zero-order valence-electron chi connectivity index (χ0n) is 40.1. The molecular weight excluding hydrogens is 889 g/mol. The van der Waals surface area contributed by atoms with Crippen LogP contribution in [0.2, 0.25) is 0 Å². The molecule has 0 unspecified atom stereocenters. The van der Waals surface area contributed by atoms with Crippen LogP contribution in [0.3, 0.4) is 0 Å². The molecule has 0 amide bonds. The second-order valence-electron chi connectivity index (χ2n) is 18.2. The minimum absolute atomic E-state index is 0.623. The van der Waals surface area contributed by atoms with E-state index in [1.807, 2.05) is 91.9 Å². The molecule has 0 fully saturated rings. The highest BCUT2D eigenvalue weighted by molar-refractivity contribution is 6.29. The van der Waals surface area contributed by atoms with Crippen LogP contribution in [0.4, 0.5) is 0 Å². The maximum Gasteiger partial charge on any atom is 0.164 e. The number of fused-ring (bicyclic) bond motifs is 8. The van der Waals surface area contributed by atoms with Gasteiger partial charge in [-0.2, -0.15) is 0 Å². The van der Waals surface area contributed by atoms with Crippen molar-refractivity contribution >= 4 is 60.0 Å². The van der Waals surface area contributed by atoms with E-state index in [4.69, 9.17) is 19.9 Å². The van der Waals surface area contributed by atoms with Gasteiger partial charge in [0.25, 0.3) is 0 Å². The molecule has 6 heteroatoms. The van der Waals surface area contributed by atoms with Gasteiger partial charge in [0, 0.05) is 54.9 Å². The quantitative estimate of drug-likeness (QED) is 0.128. The van der Waals surface area contributed by atoms with Gasteiger partial charge in [0.1, 0.15) is 0 Å². The lowest BCUT2D eigenvalue weighted by molar-refractivity contribution is 1.07. The maximum atomic E-state index is 5.18. The molecule has 0 saturated carbocycles. The van der Waals surface area contributed by atoms with Crippen LogP contribution in [-0.4, -0.2) is 29.1 Å². The molecule has 0 N–H and O–H groups in total. The molecule has 13 rings (SSSR count). The van der Waals surface area contributed by atoms with Gasteiger partial charge in [-0.15, -0.1) is 0 Å². The van der Waals surface area contributed by atoms with E-state index in [1.165, 1.54) is 21.5 Å². The Morgan fingerprint density at radius 1 is 0.411 bits per heavy atom. The molecule has 0 bridgehead atoms. The molecule has 4 heterocycles. The summed E-state index contributed by atoms with van der Waals surface area (Å²) in [5.41, 5.74) is 15.5. The fraction of sp³-hybridized carbons (Fsp3) is 0.0149. The molecule has 0 saturated heterocycles. The Hall–Kier alpha value is -9.78. The topological polar surface area (TPSA) is 61.4 Å². The third-order valence-corrected chi connectivity index (χ3v) is 13.9. The van der Waals surface area contributed by atoms with Crippen molar-refractivity contribution in [2.45, 2.75) is 6.92 Å². The molecule has 4 aromatic heterocycles. The van der Waals surface area contributed by atoms with Crippen molar-refractivity contribution in [2.75, 3.05) is 0 Å². The van der Waals surface area contributed by atoms with E-state index in [-0.39, 0.29) is 0 Å². The summed E-state index contributed by atoms with van der Waals surface area (Å²) in [6.45, 7) is 6.19. The van der Waals surface area contributed by atoms with Gasteiger partial charge in [-0.25, -0.2) is 19.9 Å². The molecule has 344 valence electrons. The summed E-state index contributed by atoms with van der Waals surface area (Å²) in [7, 11) is 0. The molecule has 73 heavy (non-hydrogen) atoms. The first-order valence-electron chi connectivity index (χ1n) is 24.6. The highest BCUT2D eigenvalue weighted by atomic mass is 15.0. The van der Waals surface area contributed by atoms with E-state index >= 15 is 0 Å². The molecule has 9 aromatic carbocycles. The number of allylic oxidation sites excluding steroid dienone is 5. The van der Waals surface area contributed by atoms with E-state index in [0.29, 0.717) is 17.5 Å². The summed E-state index contributed by atoms with van der Waals surface area (Å²) in [6, 6.07) is 79.2. The van der Waals surface area contributed by atoms with Crippen LogP contribution in [0.25, 0.3) is 128 Å². The Labute approximate surface area is 422 Å². The summed E-state index contributed by atoms with van der Waals surface area (Å²) < 4.78 is 4.85. The summed E-state index contributed by atoms with van der Waals surface area (Å²) in [5, 5.41) is 7.14. The van der Waals surface area contributed by atoms with Gasteiger partial charge in [0.05, 0.1) is 39.1 Å². The molecule has 0 spiro atoms. The van der Waals surface area contributed by atoms with Crippen molar-refractivity contribution in [1.29, 1.82) is 0 Å². The molecular formula is C67H46N6. The normalized spacial score (nSPS) is 12.0. The van der Waals surface area contributed by atoms with Crippen molar-refractivity contribution in [2.24, 2.45) is 0 Å². The summed E-state index contributed by atoms with van der Waals surface area (Å²) in [5.74, 6) is 1.90. The van der Waals surface area contributed by atoms with Crippen molar-refractivity contribution in [1.82, 2.24) is 29.1 Å². The molecule has 0 aliphatic carbocycles. The predicted molar refractivity (Wildman–Crippen MR) is 304 cm³/mol. The fourth-order valence-electron chi connectivity index (χ4n) is 10.5. The second kappa shape index (κ2) is 18.2. The van der Waals surface area contributed by atoms with Crippen LogP contribution in [0.5, 0.6) is 0 Å². The SMILES string of the molecule is C=C/C(=C\C=C/C)c1cc(-c2ccc(-n3c4ccccc4c4c5c6ccccc6n(-c6ccc(-c7nc(-c8ccccc8)nc(-c8ccccc8)n7)cc6)c5ccc43)c3ccccc23)cc(-c2ccccc2)n1. The van der Waals surface area contributed by atoms with E-state index in [9.17, 15) is 0 Å². The predicted octanol–water partition coefficient (Wildman–Crippen LogP) is 17.1. The molecule has 0 atom stereocenters. The van der Waals surface area contributed by atoms with Crippen molar-refractivity contribution < 1.29 is 0 Å². The third-order valence-electron chi connectivity index (χ3n) is 13.9. The molecule has 0 aliphatic heterocycles. The van der Waals surface area contributed by atoms with Crippen molar-refractivity contribution in [3.05, 3.63) is 261 Å². The van der Waals surface area contributed by atoms with E-state index in [2.05, 4.69) is 180 Å². The first-order chi connectivity index (χ1) is 36.1. The zero-order chi connectivity index (χ0) is 48.8. The van der Waals surface area contributed by atoms with Crippen LogP contribution in [0.1, 0.15) is 12.6 Å². The number of hydrogen-bond donors (Lipinski definition) is 0. The average Bonchev–Trinajstić information content (AvgIpc) is 3.99. The van der Waals surface area contributed by atoms with Gasteiger partial charge in [0.2, 0.25) is 0 Å². The van der Waals surface area contributed by atoms with E-state index in [1.54, 1.807) is 0 Å². The van der Waals surface area contributed by atoms with Crippen LogP contribution in [-0.2, 0) is 0 Å². The number of rotatable bonds is 10. The minimum Gasteiger partial charge on any atom is -0.309 e. The Kier molecular flexibility index (Phi) is 10.8. The first-order valence-corrected chi connectivity index (χ1v) is 24.6. The molecule has 0 radical (unpaired) electrons. The largest absolute Gasteiger partial charge is 0.309 e. The minimum atomic E-state index is 0.623. The Bertz CT molecular complexity index is 4260. The lowest BCUT2D eigenvalue weighted by atomic mass is 9.94. The van der Waals surface area contributed by atoms with Crippen LogP contribution in [0.15, 0.2) is 255 Å². The smallest absolute Gasteiger partial charge is 0.164 e. The fourth-order valence-corrected chi connectivity index (χ4v) is 10.5. The first kappa shape index (κ1) is 43.3. The van der Waals surface area contributed by atoms with Crippen LogP contribution < -0.4 is 0 Å². The third kappa shape index (κ3) is 7.52. The Balaban J connectivity index is 0.970. The highest BCUT2D eigenvalue weighted by Crippen LogP contribution is 2.44. The monoisotopic (exact) mass is 934 g/mol. The number of benzene rings is 9. The van der Waals surface area contributed by atoms with Gasteiger partial charge in [-0.3, -0.25) is 0 Å². The van der Waals surface area contributed by atoms with Gasteiger partial charge in [0.15, 0.2) is 17.5 Å². The second-order valence-corrected chi connectivity index (χ2v) is 18.2. The van der Waals surface area contributed by atoms with Crippen LogP contribution in [0, 0.1) is 0 Å². The summed E-state index contributed by atoms with van der Waals surface area (Å²) in [6.07, 6.45) is 8.02. The van der Waals surface area contributed by atoms with E-state index < -0.39 is 0 Å². The lowest BCUT2D eigenvalue weighted by Gasteiger charge is -2.16. The van der Waals surface area contributed by atoms with Gasteiger partial charge < -0.3 is 9.13 Å². The van der Waals surface area contributed by atoms with Crippen molar-refractivity contribution in [3.63, 3.8) is 0 Å². The number of para-hydroxylation sites is 2. The van der Waals surface area contributed by atoms with Gasteiger partial charge in [-0.1, -0.05) is 189 Å². The standard InChI is InChI=1S/C67H46N6/c1-3-5-21-44(4-2)56-42-49(43-57(68-56)45-22-9-6-10-23-45)51-38-39-60(53-29-16-15-28-52(51)53)73-59-33-20-18-31-55(59)64-62(73)41-40-61-63(64)54-30-17-19-32-58(54)72(61)50-36-34-48(35-37-50)67-70-65(46-24-11-7-12-25-46)69-66(71-67)47-26-13-8-14-27-47/h3-43H,2H2,1H3/b5-3-,44-21+. The van der Waals surface area contributed by atoms with E-state index in [0.717, 1.165) is 94.6 Å². The number of aromatic nitrogens is 6. The summed E-state index contributed by atoms with van der Waals surface area (Å²) >= 11 is 0. The highest BCUT2D eigenvalue weighted by Gasteiger charge is 2.23. The number of nitrogens with zero attached hydrogens (tertiary/aromatic N) is 6. The Morgan fingerprint density at radius 2 is 0.904 bits per heavy atom.